The first kappa shape index (κ1) is 33.0. The second-order valence-corrected chi connectivity index (χ2v) is 13.7. The molecule has 8 aromatic rings. The van der Waals surface area contributed by atoms with Crippen LogP contribution >= 0.6 is 0 Å². The monoisotopic (exact) mass is 694 g/mol. The van der Waals surface area contributed by atoms with E-state index < -0.39 is 0 Å². The van der Waals surface area contributed by atoms with Crippen LogP contribution in [0.2, 0.25) is 0 Å². The van der Waals surface area contributed by atoms with Crippen LogP contribution in [0, 0.1) is 0 Å². The van der Waals surface area contributed by atoms with Crippen molar-refractivity contribution in [3.63, 3.8) is 0 Å². The van der Waals surface area contributed by atoms with Gasteiger partial charge in [-0.05, 0) is 104 Å². The van der Waals surface area contributed by atoms with E-state index in [-0.39, 0.29) is 0 Å². The molecular weight excluding hydrogens is 657 g/mol. The number of fused-ring (bicyclic) bond motifs is 5. The molecule has 2 heterocycles. The molecule has 0 saturated heterocycles. The van der Waals surface area contributed by atoms with E-state index in [0.29, 0.717) is 0 Å². The summed E-state index contributed by atoms with van der Waals surface area (Å²) in [7, 11) is 0. The smallest absolute Gasteiger partial charge is 0.136 e. The van der Waals surface area contributed by atoms with Crippen LogP contribution in [0.15, 0.2) is 192 Å². The van der Waals surface area contributed by atoms with Crippen molar-refractivity contribution < 1.29 is 8.83 Å². The molecule has 0 unspecified atom stereocenters. The summed E-state index contributed by atoms with van der Waals surface area (Å²) >= 11 is 0. The molecule has 0 N–H and O–H groups in total. The van der Waals surface area contributed by atoms with E-state index in [1.165, 1.54) is 0 Å². The lowest BCUT2D eigenvalue weighted by Crippen LogP contribution is -2.29. The second kappa shape index (κ2) is 13.9. The highest BCUT2D eigenvalue weighted by Crippen LogP contribution is 2.40. The van der Waals surface area contributed by atoms with Gasteiger partial charge in [-0.25, -0.2) is 0 Å². The molecule has 0 saturated carbocycles. The minimum absolute atomic E-state index is 0.781. The Balaban J connectivity index is 1.19. The topological polar surface area (TPSA) is 26.3 Å². The lowest BCUT2D eigenvalue weighted by atomic mass is 9.89. The zero-order valence-corrected chi connectivity index (χ0v) is 30.0. The van der Waals surface area contributed by atoms with Crippen molar-refractivity contribution in [1.29, 1.82) is 0 Å². The first-order valence-corrected chi connectivity index (χ1v) is 18.4. The third-order valence-corrected chi connectivity index (χ3v) is 10.5. The molecule has 258 valence electrons. The molecule has 0 amide bonds. The van der Waals surface area contributed by atoms with Gasteiger partial charge in [-0.2, -0.15) is 0 Å². The van der Waals surface area contributed by atoms with Crippen molar-refractivity contribution in [2.24, 2.45) is 0 Å². The molecule has 0 bridgehead atoms. The lowest BCUT2D eigenvalue weighted by molar-refractivity contribution is 0.630. The van der Waals surface area contributed by atoms with Crippen molar-refractivity contribution in [1.82, 2.24) is 0 Å². The van der Waals surface area contributed by atoms with Crippen molar-refractivity contribution >= 4 is 61.3 Å². The molecule has 1 aliphatic carbocycles. The molecular formula is C52H38O2. The third-order valence-electron chi connectivity index (χ3n) is 10.5. The van der Waals surface area contributed by atoms with E-state index in [4.69, 9.17) is 8.83 Å². The summed E-state index contributed by atoms with van der Waals surface area (Å²) in [5, 5.41) is 5.48. The molecule has 2 aromatic heterocycles. The second-order valence-electron chi connectivity index (χ2n) is 13.7. The number of rotatable bonds is 7. The first-order valence-electron chi connectivity index (χ1n) is 18.4. The Morgan fingerprint density at radius 1 is 0.556 bits per heavy atom. The van der Waals surface area contributed by atoms with Gasteiger partial charge in [-0.15, -0.1) is 0 Å². The van der Waals surface area contributed by atoms with Crippen molar-refractivity contribution in [3.05, 3.63) is 222 Å². The Morgan fingerprint density at radius 3 is 2.07 bits per heavy atom. The van der Waals surface area contributed by atoms with E-state index >= 15 is 0 Å². The highest BCUT2D eigenvalue weighted by atomic mass is 16.3. The van der Waals surface area contributed by atoms with Crippen LogP contribution in [0.25, 0.3) is 72.6 Å². The van der Waals surface area contributed by atoms with Crippen LogP contribution in [-0.2, 0) is 0 Å². The standard InChI is InChI=1S/C52H38O2/c1-4-36-17-9-11-19-40(36)35(3)41-20-7-5-6-8-21-42(44-23-13-12-22-43(41)44)38-29-27-37(28-30-38)34(2)46-32-47-45-24-14-16-26-50(45)54-52(47)33-48(46)51-31-39-18-10-15-25-49(39)53-51/h4,7-33H,1-3,5-6H2/b20-7?,21-8+,43-41?,44-42+. The van der Waals surface area contributed by atoms with Gasteiger partial charge in [0.1, 0.15) is 22.5 Å². The molecule has 0 atom stereocenters. The number of benzene rings is 6. The molecule has 9 rings (SSSR count). The molecule has 2 nitrogen and oxygen atoms in total. The Hall–Kier alpha value is -6.90. The van der Waals surface area contributed by atoms with Crippen LogP contribution in [0.1, 0.15) is 40.7 Å². The molecule has 0 radical (unpaired) electrons. The van der Waals surface area contributed by atoms with Gasteiger partial charge in [0.25, 0.3) is 0 Å². The number of furan rings is 2. The fourth-order valence-electron chi connectivity index (χ4n) is 7.68. The van der Waals surface area contributed by atoms with Gasteiger partial charge < -0.3 is 8.83 Å². The Labute approximate surface area is 315 Å². The van der Waals surface area contributed by atoms with Crippen LogP contribution in [0.4, 0.5) is 0 Å². The summed E-state index contributed by atoms with van der Waals surface area (Å²) in [6.45, 7) is 13.4. The normalized spacial score (nSPS) is 14.6. The summed E-state index contributed by atoms with van der Waals surface area (Å²) in [5.74, 6) is 0.781. The van der Waals surface area contributed by atoms with E-state index in [0.717, 1.165) is 118 Å². The predicted octanol–water partition coefficient (Wildman–Crippen LogP) is 12.7. The average molecular weight is 695 g/mol. The fourth-order valence-corrected chi connectivity index (χ4v) is 7.68. The number of hydrogen-bond acceptors (Lipinski definition) is 2. The Morgan fingerprint density at radius 2 is 1.26 bits per heavy atom. The van der Waals surface area contributed by atoms with Gasteiger partial charge in [0, 0.05) is 21.7 Å². The number of allylic oxidation sites excluding steroid dienone is 5. The molecule has 6 aromatic carbocycles. The molecule has 0 aliphatic heterocycles. The first-order chi connectivity index (χ1) is 26.6. The van der Waals surface area contributed by atoms with Gasteiger partial charge in [0.15, 0.2) is 0 Å². The molecule has 0 fully saturated rings. The van der Waals surface area contributed by atoms with E-state index in [1.54, 1.807) is 0 Å². The summed E-state index contributed by atoms with van der Waals surface area (Å²) in [4.78, 5) is 0. The van der Waals surface area contributed by atoms with Gasteiger partial charge >= 0.3 is 0 Å². The molecule has 54 heavy (non-hydrogen) atoms. The summed E-state index contributed by atoms with van der Waals surface area (Å²) in [5.41, 5.74) is 12.9. The quantitative estimate of drug-likeness (QED) is 0.166. The minimum atomic E-state index is 0.781. The zero-order valence-electron chi connectivity index (χ0n) is 30.0. The Kier molecular flexibility index (Phi) is 8.49. The van der Waals surface area contributed by atoms with Crippen LogP contribution < -0.4 is 10.4 Å². The largest absolute Gasteiger partial charge is 0.456 e. The molecule has 0 spiro atoms. The van der Waals surface area contributed by atoms with Crippen LogP contribution in [0.3, 0.4) is 0 Å². The molecule has 1 aliphatic rings. The van der Waals surface area contributed by atoms with E-state index in [2.05, 4.69) is 141 Å². The number of hydrogen-bond donors (Lipinski definition) is 0. The molecule has 2 heteroatoms. The zero-order chi connectivity index (χ0) is 36.6. The summed E-state index contributed by atoms with van der Waals surface area (Å²) in [6.07, 6.45) is 12.8. The highest BCUT2D eigenvalue weighted by Gasteiger charge is 2.19. The van der Waals surface area contributed by atoms with Crippen molar-refractivity contribution in [2.45, 2.75) is 12.8 Å². The van der Waals surface area contributed by atoms with E-state index in [1.807, 2.05) is 48.5 Å². The van der Waals surface area contributed by atoms with Gasteiger partial charge in [-0.3, -0.25) is 0 Å². The summed E-state index contributed by atoms with van der Waals surface area (Å²) in [6, 6.07) is 48.5. The maximum Gasteiger partial charge on any atom is 0.136 e. The minimum Gasteiger partial charge on any atom is -0.456 e. The maximum atomic E-state index is 6.43. The highest BCUT2D eigenvalue weighted by molar-refractivity contribution is 6.08. The third kappa shape index (κ3) is 5.88. The number of para-hydroxylation sites is 2. The van der Waals surface area contributed by atoms with Gasteiger partial charge in [0.05, 0.1) is 0 Å². The summed E-state index contributed by atoms with van der Waals surface area (Å²) < 4.78 is 12.8. The lowest BCUT2D eigenvalue weighted by Gasteiger charge is -2.14. The Bertz CT molecular complexity index is 2940. The van der Waals surface area contributed by atoms with Crippen LogP contribution in [-0.4, -0.2) is 0 Å². The maximum absolute atomic E-state index is 6.43. The predicted molar refractivity (Wildman–Crippen MR) is 228 cm³/mol. The fraction of sp³-hybridized carbons (Fsp3) is 0.0385. The van der Waals surface area contributed by atoms with Gasteiger partial charge in [-0.1, -0.05) is 159 Å². The van der Waals surface area contributed by atoms with Crippen LogP contribution in [0.5, 0.6) is 0 Å². The SMILES string of the molecule is C=Cc1ccccc1C(=C)C1=c2cccc/c2=C(c2ccc(C(=C)c3cc4c(cc3-c3cc5ccccc5o3)oc3ccccc34)cc2)/C=C/CCC=C1. The average Bonchev–Trinajstić information content (AvgIpc) is 3.83. The van der Waals surface area contributed by atoms with E-state index in [9.17, 15) is 0 Å². The van der Waals surface area contributed by atoms with Gasteiger partial charge in [0.2, 0.25) is 0 Å². The van der Waals surface area contributed by atoms with Crippen molar-refractivity contribution in [2.75, 3.05) is 0 Å². The van der Waals surface area contributed by atoms with Crippen molar-refractivity contribution in [3.8, 4) is 11.3 Å².